The molecule has 3 N–H and O–H groups in total. The highest BCUT2D eigenvalue weighted by Gasteiger charge is 2.44. The fraction of sp³-hybridized carbons (Fsp3) is 0.174. The van der Waals surface area contributed by atoms with E-state index < -0.39 is 5.41 Å². The molecule has 1 heterocycles. The molecule has 2 aliphatic carbocycles. The molecule has 2 aromatic rings. The smallest absolute Gasteiger partial charge is 0.322 e. The predicted molar refractivity (Wildman–Crippen MR) is 105 cm³/mol. The molecule has 0 fully saturated rings. The number of ether oxygens (including phenoxy) is 1. The van der Waals surface area contributed by atoms with E-state index in [1.807, 2.05) is 19.1 Å². The molecule has 5 nitrogen and oxygen atoms in total. The number of hydrogen-bond acceptors (Lipinski definition) is 5. The fourth-order valence-electron chi connectivity index (χ4n) is 3.59. The van der Waals surface area contributed by atoms with Crippen molar-refractivity contribution in [3.63, 3.8) is 0 Å². The van der Waals surface area contributed by atoms with Crippen LogP contribution in [0.15, 0.2) is 60.7 Å². The number of fused-ring (bicyclic) bond motifs is 2. The maximum Gasteiger partial charge on any atom is 0.322 e. The molecule has 3 aliphatic rings. The van der Waals surface area contributed by atoms with Gasteiger partial charge in [-0.15, -0.1) is 0 Å². The number of carbonyl (C=O) groups is 1. The van der Waals surface area contributed by atoms with Crippen molar-refractivity contribution in [3.05, 3.63) is 71.8 Å². The number of aromatic hydroxyl groups is 3. The lowest BCUT2D eigenvalue weighted by molar-refractivity contribution is -0.142. The fourth-order valence-corrected chi connectivity index (χ4v) is 3.59. The number of phenols is 3. The van der Waals surface area contributed by atoms with Crippen LogP contribution in [0, 0.1) is 0 Å². The Morgan fingerprint density at radius 1 is 0.929 bits per heavy atom. The molecular formula is C23H20O5. The zero-order valence-electron chi connectivity index (χ0n) is 15.3. The Balaban J connectivity index is 0.000000227. The van der Waals surface area contributed by atoms with E-state index in [1.54, 1.807) is 42.5 Å². The average Bonchev–Trinajstić information content (AvgIpc) is 3.39. The van der Waals surface area contributed by atoms with Crippen LogP contribution in [0.2, 0.25) is 0 Å². The standard InChI is InChI=1S/C17H16O4.C6H4O/c1-2-17(12-4-7-13(18)8-5-12)10-11-3-6-14(19)9-15(11)21-16(17)20;7-6-2-1-4-3-5(4)6/h3-9,18-19H,2,10H2,1H3;1-3,7H. The van der Waals surface area contributed by atoms with Crippen molar-refractivity contribution in [1.82, 2.24) is 0 Å². The topological polar surface area (TPSA) is 87.0 Å². The molecule has 0 radical (unpaired) electrons. The van der Waals surface area contributed by atoms with Crippen LogP contribution in [0.4, 0.5) is 0 Å². The third kappa shape index (κ3) is 3.05. The van der Waals surface area contributed by atoms with Gasteiger partial charge in [-0.2, -0.15) is 0 Å². The zero-order valence-corrected chi connectivity index (χ0v) is 15.3. The van der Waals surface area contributed by atoms with Gasteiger partial charge in [0, 0.05) is 11.6 Å². The summed E-state index contributed by atoms with van der Waals surface area (Å²) in [6.45, 7) is 1.94. The molecule has 0 saturated heterocycles. The lowest BCUT2D eigenvalue weighted by Gasteiger charge is -2.35. The van der Waals surface area contributed by atoms with E-state index in [2.05, 4.69) is 0 Å². The zero-order chi connectivity index (χ0) is 19.9. The summed E-state index contributed by atoms with van der Waals surface area (Å²) < 4.78 is 5.44. The molecule has 5 heteroatoms. The van der Waals surface area contributed by atoms with Crippen LogP contribution in [-0.4, -0.2) is 21.3 Å². The molecule has 5 rings (SSSR count). The number of esters is 1. The molecule has 0 bridgehead atoms. The van der Waals surface area contributed by atoms with Crippen LogP contribution in [-0.2, 0) is 16.6 Å². The second-order valence-electron chi connectivity index (χ2n) is 7.07. The van der Waals surface area contributed by atoms with Crippen molar-refractivity contribution < 1.29 is 24.9 Å². The van der Waals surface area contributed by atoms with Crippen molar-refractivity contribution in [3.8, 4) is 34.1 Å². The van der Waals surface area contributed by atoms with Crippen molar-refractivity contribution >= 4 is 5.97 Å². The summed E-state index contributed by atoms with van der Waals surface area (Å²) in [4.78, 5) is 12.5. The third-order valence-electron chi connectivity index (χ3n) is 5.38. The first kappa shape index (κ1) is 17.9. The van der Waals surface area contributed by atoms with Gasteiger partial charge in [0.2, 0.25) is 0 Å². The SMILES string of the molecule is CCC1(c2ccc(O)cc2)Cc2ccc(O)cc2OC1=O.Oc1ccc2cc1-2. The summed E-state index contributed by atoms with van der Waals surface area (Å²) in [5, 5.41) is 27.7. The van der Waals surface area contributed by atoms with Crippen LogP contribution in [0.3, 0.4) is 0 Å². The Labute approximate surface area is 162 Å². The molecule has 1 aliphatic heterocycles. The van der Waals surface area contributed by atoms with Gasteiger partial charge in [0.25, 0.3) is 0 Å². The van der Waals surface area contributed by atoms with Gasteiger partial charge < -0.3 is 20.1 Å². The van der Waals surface area contributed by atoms with Gasteiger partial charge in [-0.3, -0.25) is 4.79 Å². The summed E-state index contributed by atoms with van der Waals surface area (Å²) in [5.74, 6) is 0.765. The second-order valence-corrected chi connectivity index (χ2v) is 7.07. The Hall–Kier alpha value is -3.47. The molecule has 142 valence electrons. The van der Waals surface area contributed by atoms with Crippen LogP contribution < -0.4 is 4.74 Å². The maximum atomic E-state index is 12.5. The van der Waals surface area contributed by atoms with Gasteiger partial charge in [0.15, 0.2) is 0 Å². The van der Waals surface area contributed by atoms with Crippen molar-refractivity contribution in [2.45, 2.75) is 25.2 Å². The number of hydrogen-bond donors (Lipinski definition) is 3. The summed E-state index contributed by atoms with van der Waals surface area (Å²) in [7, 11) is 0. The molecule has 0 aromatic heterocycles. The van der Waals surface area contributed by atoms with Gasteiger partial charge in [0.05, 0.1) is 5.41 Å². The minimum Gasteiger partial charge on any atom is -0.508 e. The monoisotopic (exact) mass is 376 g/mol. The van der Waals surface area contributed by atoms with E-state index in [9.17, 15) is 15.0 Å². The van der Waals surface area contributed by atoms with Gasteiger partial charge >= 0.3 is 5.97 Å². The van der Waals surface area contributed by atoms with E-state index in [4.69, 9.17) is 9.84 Å². The molecule has 0 amide bonds. The molecule has 1 unspecified atom stereocenters. The first-order valence-electron chi connectivity index (χ1n) is 9.10. The minimum atomic E-state index is -0.752. The van der Waals surface area contributed by atoms with Crippen molar-refractivity contribution in [2.24, 2.45) is 0 Å². The van der Waals surface area contributed by atoms with Gasteiger partial charge in [-0.1, -0.05) is 31.2 Å². The largest absolute Gasteiger partial charge is 0.508 e. The summed E-state index contributed by atoms with van der Waals surface area (Å²) >= 11 is 0. The highest BCUT2D eigenvalue weighted by atomic mass is 16.5. The Kier molecular flexibility index (Phi) is 4.23. The lowest BCUT2D eigenvalue weighted by Crippen LogP contribution is -2.43. The number of rotatable bonds is 2. The van der Waals surface area contributed by atoms with Crippen LogP contribution in [0.25, 0.3) is 11.1 Å². The van der Waals surface area contributed by atoms with Crippen LogP contribution >= 0.6 is 0 Å². The summed E-state index contributed by atoms with van der Waals surface area (Å²) in [5.41, 5.74) is 3.18. The quantitative estimate of drug-likeness (QED) is 0.359. The molecule has 0 spiro atoms. The Morgan fingerprint density at radius 3 is 2.18 bits per heavy atom. The van der Waals surface area contributed by atoms with E-state index in [-0.39, 0.29) is 17.5 Å². The number of benzene rings is 3. The highest BCUT2D eigenvalue weighted by Crippen LogP contribution is 2.43. The van der Waals surface area contributed by atoms with E-state index >= 15 is 0 Å². The van der Waals surface area contributed by atoms with E-state index in [0.717, 1.165) is 16.7 Å². The van der Waals surface area contributed by atoms with Crippen molar-refractivity contribution in [2.75, 3.05) is 0 Å². The summed E-state index contributed by atoms with van der Waals surface area (Å²) in [6.07, 6.45) is 1.11. The molecule has 28 heavy (non-hydrogen) atoms. The molecule has 2 aromatic carbocycles. The first-order chi connectivity index (χ1) is 13.4. The third-order valence-corrected chi connectivity index (χ3v) is 5.38. The molecular weight excluding hydrogens is 356 g/mol. The van der Waals surface area contributed by atoms with E-state index in [1.165, 1.54) is 11.6 Å². The Bertz CT molecular complexity index is 1060. The lowest BCUT2D eigenvalue weighted by atomic mass is 9.72. The van der Waals surface area contributed by atoms with E-state index in [0.29, 0.717) is 24.3 Å². The number of phenolic OH excluding ortho intramolecular Hbond substituents is 3. The Morgan fingerprint density at radius 2 is 1.64 bits per heavy atom. The average molecular weight is 376 g/mol. The number of carbonyl (C=O) groups excluding carboxylic acids is 1. The van der Waals surface area contributed by atoms with Crippen molar-refractivity contribution in [1.29, 1.82) is 0 Å². The molecule has 0 saturated carbocycles. The predicted octanol–water partition coefficient (Wildman–Crippen LogP) is 4.28. The maximum absolute atomic E-state index is 12.5. The first-order valence-corrected chi connectivity index (χ1v) is 9.10. The highest BCUT2D eigenvalue weighted by molar-refractivity contribution is 5.88. The van der Waals surface area contributed by atoms with Gasteiger partial charge in [-0.05, 0) is 59.9 Å². The minimum absolute atomic E-state index is 0.0789. The molecule has 1 atom stereocenters. The van der Waals surface area contributed by atoms with Gasteiger partial charge in [0.1, 0.15) is 23.0 Å². The second kappa shape index (κ2) is 6.60. The normalized spacial score (nSPS) is 18.4. The van der Waals surface area contributed by atoms with Gasteiger partial charge in [-0.25, -0.2) is 0 Å². The summed E-state index contributed by atoms with van der Waals surface area (Å²) in [6, 6.07) is 17.1. The van der Waals surface area contributed by atoms with Crippen LogP contribution in [0.1, 0.15) is 24.5 Å². The van der Waals surface area contributed by atoms with Crippen LogP contribution in [0.5, 0.6) is 23.0 Å².